The number of carbonyl (C=O) groups excluding carboxylic acids is 1. The molecular formula is C23H26N2O3S2. The molecule has 2 aliphatic rings. The summed E-state index contributed by atoms with van der Waals surface area (Å²) in [6.45, 7) is 3.64. The van der Waals surface area contributed by atoms with E-state index in [0.29, 0.717) is 38.4 Å². The number of sulfonamides is 1. The minimum absolute atomic E-state index is 0.0594. The summed E-state index contributed by atoms with van der Waals surface area (Å²) >= 11 is 1.52. The summed E-state index contributed by atoms with van der Waals surface area (Å²) < 4.78 is 27.8. The predicted octanol–water partition coefficient (Wildman–Crippen LogP) is 1.59. The smallest absolute Gasteiger partial charge is 0.233 e. The number of amides is 1. The minimum atomic E-state index is -3.43. The maximum atomic E-state index is 13.1. The number of hydrogen-bond donors (Lipinski definition) is 0. The molecule has 1 fully saturated rings. The number of nitrogens with zero attached hydrogens (tertiary/aromatic N) is 2. The molecule has 2 aromatic rings. The van der Waals surface area contributed by atoms with E-state index in [9.17, 15) is 13.2 Å². The highest BCUT2D eigenvalue weighted by atomic mass is 32.2. The normalized spacial score (nSPS) is 19.5. The number of hydrogen-bond acceptors (Lipinski definition) is 4. The van der Waals surface area contributed by atoms with E-state index < -0.39 is 15.3 Å². The van der Waals surface area contributed by atoms with Gasteiger partial charge in [0.2, 0.25) is 15.9 Å². The zero-order valence-corrected chi connectivity index (χ0v) is 18.7. The highest BCUT2D eigenvalue weighted by Crippen LogP contribution is 2.21. The van der Waals surface area contributed by atoms with Gasteiger partial charge in [-0.05, 0) is 35.9 Å². The monoisotopic (exact) mass is 442 g/mol. The second-order valence-electron chi connectivity index (χ2n) is 7.70. The summed E-state index contributed by atoms with van der Waals surface area (Å²) in [5, 5.41) is 1.52. The van der Waals surface area contributed by atoms with Crippen molar-refractivity contribution in [2.45, 2.75) is 23.5 Å². The van der Waals surface area contributed by atoms with Crippen LogP contribution in [0.1, 0.15) is 12.0 Å². The number of carbonyl (C=O) groups is 1. The summed E-state index contributed by atoms with van der Waals surface area (Å²) in [6, 6.07) is 16.0. The second-order valence-corrected chi connectivity index (χ2v) is 10.9. The summed E-state index contributed by atoms with van der Waals surface area (Å²) in [6.07, 6.45) is 4.35. The van der Waals surface area contributed by atoms with Crippen LogP contribution < -0.4 is 10.4 Å². The van der Waals surface area contributed by atoms with Gasteiger partial charge in [-0.2, -0.15) is 4.31 Å². The Kier molecular flexibility index (Phi) is 6.32. The van der Waals surface area contributed by atoms with Crippen LogP contribution in [0.4, 0.5) is 0 Å². The Morgan fingerprint density at radius 1 is 1.00 bits per heavy atom. The number of benzene rings is 2. The van der Waals surface area contributed by atoms with E-state index in [1.807, 2.05) is 67.6 Å². The van der Waals surface area contributed by atoms with Gasteiger partial charge in [-0.3, -0.25) is 4.79 Å². The van der Waals surface area contributed by atoms with Crippen LogP contribution in [0, 0.1) is 6.92 Å². The summed E-state index contributed by atoms with van der Waals surface area (Å²) in [7, 11) is -3.43. The molecule has 1 unspecified atom stereocenters. The van der Waals surface area contributed by atoms with E-state index in [1.54, 1.807) is 9.21 Å². The molecule has 1 aliphatic carbocycles. The molecule has 1 heterocycles. The molecular weight excluding hydrogens is 416 g/mol. The Morgan fingerprint density at radius 3 is 2.37 bits per heavy atom. The quantitative estimate of drug-likeness (QED) is 0.660. The SMILES string of the molecule is Cc1ccc(SCC(=O)N2CCN(S(=O)(=O)C3C=c4ccccc4=CC3)CC2)cc1. The van der Waals surface area contributed by atoms with Gasteiger partial charge < -0.3 is 4.90 Å². The standard InChI is InChI=1S/C23H26N2O3S2/c1-18-6-9-21(10-7-18)29-17-23(26)24-12-14-25(15-13-24)30(27,28)22-11-8-19-4-2-3-5-20(19)16-22/h2-10,16,22H,11-15,17H2,1H3. The first-order valence-electron chi connectivity index (χ1n) is 10.2. The molecule has 30 heavy (non-hydrogen) atoms. The van der Waals surface area contributed by atoms with Gasteiger partial charge in [0.05, 0.1) is 11.0 Å². The van der Waals surface area contributed by atoms with Crippen LogP contribution in [-0.4, -0.2) is 60.7 Å². The average Bonchev–Trinajstić information content (AvgIpc) is 2.78. The van der Waals surface area contributed by atoms with Crippen LogP contribution in [0.5, 0.6) is 0 Å². The van der Waals surface area contributed by atoms with Gasteiger partial charge in [0.25, 0.3) is 0 Å². The maximum absolute atomic E-state index is 13.1. The van der Waals surface area contributed by atoms with E-state index in [4.69, 9.17) is 0 Å². The molecule has 0 N–H and O–H groups in total. The molecule has 1 aliphatic heterocycles. The molecule has 158 valence electrons. The molecule has 0 aromatic heterocycles. The maximum Gasteiger partial charge on any atom is 0.233 e. The lowest BCUT2D eigenvalue weighted by Gasteiger charge is -2.35. The van der Waals surface area contributed by atoms with Crippen molar-refractivity contribution in [3.05, 3.63) is 64.5 Å². The summed E-state index contributed by atoms with van der Waals surface area (Å²) in [5.41, 5.74) is 1.19. The van der Waals surface area contributed by atoms with E-state index >= 15 is 0 Å². The Morgan fingerprint density at radius 2 is 1.67 bits per heavy atom. The molecule has 4 rings (SSSR count). The molecule has 2 aromatic carbocycles. The van der Waals surface area contributed by atoms with Crippen LogP contribution >= 0.6 is 11.8 Å². The lowest BCUT2D eigenvalue weighted by atomic mass is 10.1. The van der Waals surface area contributed by atoms with Gasteiger partial charge in [0.15, 0.2) is 0 Å². The second kappa shape index (κ2) is 8.96. The van der Waals surface area contributed by atoms with Crippen molar-refractivity contribution in [1.29, 1.82) is 0 Å². The Hall–Kier alpha value is -2.09. The first-order valence-corrected chi connectivity index (χ1v) is 12.7. The van der Waals surface area contributed by atoms with Crippen LogP contribution in [0.25, 0.3) is 12.2 Å². The van der Waals surface area contributed by atoms with Crippen LogP contribution in [0.3, 0.4) is 0 Å². The lowest BCUT2D eigenvalue weighted by Crippen LogP contribution is -2.53. The van der Waals surface area contributed by atoms with Crippen molar-refractivity contribution in [1.82, 2.24) is 9.21 Å². The lowest BCUT2D eigenvalue weighted by molar-refractivity contribution is -0.129. The third-order valence-electron chi connectivity index (χ3n) is 5.65. The Bertz CT molecular complexity index is 1140. The number of thioether (sulfide) groups is 1. The van der Waals surface area contributed by atoms with Crippen molar-refractivity contribution in [3.63, 3.8) is 0 Å². The molecule has 1 saturated heterocycles. The first-order chi connectivity index (χ1) is 14.4. The molecule has 0 saturated carbocycles. The van der Waals surface area contributed by atoms with Gasteiger partial charge in [0, 0.05) is 31.1 Å². The van der Waals surface area contributed by atoms with E-state index in [2.05, 4.69) is 0 Å². The van der Waals surface area contributed by atoms with Crippen molar-refractivity contribution in [2.75, 3.05) is 31.9 Å². The zero-order chi connectivity index (χ0) is 21.1. The number of fused-ring (bicyclic) bond motifs is 1. The zero-order valence-electron chi connectivity index (χ0n) is 17.0. The topological polar surface area (TPSA) is 57.7 Å². The van der Waals surface area contributed by atoms with Crippen LogP contribution in [-0.2, 0) is 14.8 Å². The molecule has 5 nitrogen and oxygen atoms in total. The fourth-order valence-corrected chi connectivity index (χ4v) is 6.34. The number of aryl methyl sites for hydroxylation is 1. The van der Waals surface area contributed by atoms with Crippen molar-refractivity contribution in [3.8, 4) is 0 Å². The fraction of sp³-hybridized carbons (Fsp3) is 0.348. The highest BCUT2D eigenvalue weighted by molar-refractivity contribution is 8.00. The molecule has 0 radical (unpaired) electrons. The molecule has 0 spiro atoms. The molecule has 1 amide bonds. The Labute approximate surface area is 182 Å². The third kappa shape index (κ3) is 4.63. The van der Waals surface area contributed by atoms with Gasteiger partial charge in [-0.15, -0.1) is 11.8 Å². The third-order valence-corrected chi connectivity index (χ3v) is 8.82. The summed E-state index contributed by atoms with van der Waals surface area (Å²) in [4.78, 5) is 15.4. The predicted molar refractivity (Wildman–Crippen MR) is 122 cm³/mol. The molecule has 1 atom stereocenters. The van der Waals surface area contributed by atoms with Crippen molar-refractivity contribution >= 4 is 39.8 Å². The van der Waals surface area contributed by atoms with Crippen molar-refractivity contribution in [2.24, 2.45) is 0 Å². The minimum Gasteiger partial charge on any atom is -0.339 e. The first kappa shape index (κ1) is 21.2. The van der Waals surface area contributed by atoms with E-state index in [1.165, 1.54) is 17.3 Å². The largest absolute Gasteiger partial charge is 0.339 e. The van der Waals surface area contributed by atoms with Gasteiger partial charge >= 0.3 is 0 Å². The van der Waals surface area contributed by atoms with Gasteiger partial charge in [0.1, 0.15) is 0 Å². The van der Waals surface area contributed by atoms with E-state index in [0.717, 1.165) is 15.3 Å². The van der Waals surface area contributed by atoms with Crippen LogP contribution in [0.2, 0.25) is 0 Å². The van der Waals surface area contributed by atoms with Gasteiger partial charge in [-0.25, -0.2) is 8.42 Å². The van der Waals surface area contributed by atoms with E-state index in [-0.39, 0.29) is 5.91 Å². The number of piperazine rings is 1. The molecule has 0 bridgehead atoms. The molecule has 7 heteroatoms. The summed E-state index contributed by atoms with van der Waals surface area (Å²) in [5.74, 6) is 0.432. The Balaban J connectivity index is 1.34. The average molecular weight is 443 g/mol. The van der Waals surface area contributed by atoms with Gasteiger partial charge in [-0.1, -0.05) is 54.1 Å². The van der Waals surface area contributed by atoms with Crippen molar-refractivity contribution < 1.29 is 13.2 Å². The highest BCUT2D eigenvalue weighted by Gasteiger charge is 2.34. The van der Waals surface area contributed by atoms with Crippen LogP contribution in [0.15, 0.2) is 53.4 Å². The number of rotatable bonds is 5. The fourth-order valence-electron chi connectivity index (χ4n) is 3.82.